The third-order valence-corrected chi connectivity index (χ3v) is 3.67. The first-order chi connectivity index (χ1) is 7.24. The molecule has 15 heavy (non-hydrogen) atoms. The number of rotatable bonds is 3. The maximum Gasteiger partial charge on any atom is 0.0561 e. The number of hydrogen-bond donors (Lipinski definition) is 1. The summed E-state index contributed by atoms with van der Waals surface area (Å²) in [4.78, 5) is 2.43. The van der Waals surface area contributed by atoms with Crippen molar-refractivity contribution in [1.29, 1.82) is 0 Å². The van der Waals surface area contributed by atoms with E-state index in [0.717, 1.165) is 12.5 Å². The summed E-state index contributed by atoms with van der Waals surface area (Å²) < 4.78 is 5.55. The molecule has 0 amide bonds. The minimum Gasteiger partial charge on any atom is -0.378 e. The predicted molar refractivity (Wildman–Crippen MR) is 62.0 cm³/mol. The van der Waals surface area contributed by atoms with Gasteiger partial charge in [0.15, 0.2) is 0 Å². The molecule has 1 N–H and O–H groups in total. The van der Waals surface area contributed by atoms with Crippen molar-refractivity contribution >= 4 is 0 Å². The molecule has 0 aromatic rings. The Balaban J connectivity index is 1.64. The molecule has 2 aliphatic rings. The van der Waals surface area contributed by atoms with Crippen LogP contribution in [0.1, 0.15) is 26.2 Å². The molecular formula is C12H24N2O. The summed E-state index contributed by atoms with van der Waals surface area (Å²) in [5.74, 6) is 0.869. The molecule has 3 heteroatoms. The molecule has 2 fully saturated rings. The van der Waals surface area contributed by atoms with Crippen molar-refractivity contribution in [2.45, 2.75) is 38.3 Å². The molecule has 0 radical (unpaired) electrons. The van der Waals surface area contributed by atoms with Gasteiger partial charge in [0.1, 0.15) is 0 Å². The maximum atomic E-state index is 5.55. The van der Waals surface area contributed by atoms with Crippen molar-refractivity contribution in [2.24, 2.45) is 5.92 Å². The van der Waals surface area contributed by atoms with E-state index in [9.17, 15) is 0 Å². The summed E-state index contributed by atoms with van der Waals surface area (Å²) in [5.41, 5.74) is 0. The molecule has 3 nitrogen and oxygen atoms in total. The first-order valence-electron chi connectivity index (χ1n) is 6.27. The van der Waals surface area contributed by atoms with Gasteiger partial charge in [0.25, 0.3) is 0 Å². The van der Waals surface area contributed by atoms with Crippen LogP contribution < -0.4 is 5.32 Å². The fourth-order valence-corrected chi connectivity index (χ4v) is 2.71. The first-order valence-corrected chi connectivity index (χ1v) is 6.27. The van der Waals surface area contributed by atoms with Crippen molar-refractivity contribution < 1.29 is 4.74 Å². The van der Waals surface area contributed by atoms with Crippen LogP contribution in [0.3, 0.4) is 0 Å². The van der Waals surface area contributed by atoms with Crippen LogP contribution in [-0.2, 0) is 4.74 Å². The molecule has 0 aromatic carbocycles. The van der Waals surface area contributed by atoms with Crippen LogP contribution >= 0.6 is 0 Å². The summed E-state index contributed by atoms with van der Waals surface area (Å²) in [6.07, 6.45) is 4.18. The summed E-state index contributed by atoms with van der Waals surface area (Å²) in [7, 11) is 2.22. The molecule has 2 heterocycles. The fourth-order valence-electron chi connectivity index (χ4n) is 2.71. The molecule has 3 atom stereocenters. The van der Waals surface area contributed by atoms with E-state index in [-0.39, 0.29) is 0 Å². The summed E-state index contributed by atoms with van der Waals surface area (Å²) in [6, 6.07) is 0.694. The first kappa shape index (κ1) is 11.4. The number of nitrogens with zero attached hydrogens (tertiary/aromatic N) is 1. The lowest BCUT2D eigenvalue weighted by Gasteiger charge is -2.29. The second kappa shape index (κ2) is 5.28. The zero-order chi connectivity index (χ0) is 10.7. The molecule has 2 rings (SSSR count). The zero-order valence-corrected chi connectivity index (χ0v) is 10.0. The van der Waals surface area contributed by atoms with Gasteiger partial charge < -0.3 is 15.0 Å². The monoisotopic (exact) mass is 212 g/mol. The van der Waals surface area contributed by atoms with Crippen molar-refractivity contribution in [2.75, 3.05) is 33.3 Å². The van der Waals surface area contributed by atoms with Gasteiger partial charge in [-0.3, -0.25) is 0 Å². The summed E-state index contributed by atoms with van der Waals surface area (Å²) in [6.45, 7) is 6.85. The average Bonchev–Trinajstić information content (AvgIpc) is 2.62. The SMILES string of the molecule is CC1CC(NCC2CCN(C)C2)CCO1. The van der Waals surface area contributed by atoms with E-state index < -0.39 is 0 Å². The van der Waals surface area contributed by atoms with Crippen LogP contribution in [-0.4, -0.2) is 50.3 Å². The Morgan fingerprint density at radius 2 is 2.27 bits per heavy atom. The van der Waals surface area contributed by atoms with Crippen LogP contribution in [0, 0.1) is 5.92 Å². The maximum absolute atomic E-state index is 5.55. The molecule has 0 bridgehead atoms. The van der Waals surface area contributed by atoms with E-state index in [2.05, 4.69) is 24.2 Å². The van der Waals surface area contributed by atoms with Crippen LogP contribution in [0.15, 0.2) is 0 Å². The minimum atomic E-state index is 0.447. The van der Waals surface area contributed by atoms with Crippen molar-refractivity contribution in [3.63, 3.8) is 0 Å². The molecule has 2 saturated heterocycles. The van der Waals surface area contributed by atoms with Crippen molar-refractivity contribution in [3.8, 4) is 0 Å². The van der Waals surface area contributed by atoms with Gasteiger partial charge >= 0.3 is 0 Å². The highest BCUT2D eigenvalue weighted by atomic mass is 16.5. The second-order valence-electron chi connectivity index (χ2n) is 5.23. The smallest absolute Gasteiger partial charge is 0.0561 e. The number of hydrogen-bond acceptors (Lipinski definition) is 3. The van der Waals surface area contributed by atoms with Crippen molar-refractivity contribution in [3.05, 3.63) is 0 Å². The Morgan fingerprint density at radius 1 is 1.40 bits per heavy atom. The van der Waals surface area contributed by atoms with Gasteiger partial charge in [0, 0.05) is 19.2 Å². The van der Waals surface area contributed by atoms with Gasteiger partial charge in [0.05, 0.1) is 6.10 Å². The van der Waals surface area contributed by atoms with E-state index in [4.69, 9.17) is 4.74 Å². The Morgan fingerprint density at radius 3 is 2.93 bits per heavy atom. The molecule has 88 valence electrons. The summed E-state index contributed by atoms with van der Waals surface area (Å²) in [5, 5.41) is 3.71. The summed E-state index contributed by atoms with van der Waals surface area (Å²) >= 11 is 0. The van der Waals surface area contributed by atoms with Gasteiger partial charge in [-0.25, -0.2) is 0 Å². The molecule has 0 aromatic heterocycles. The third kappa shape index (κ3) is 3.44. The van der Waals surface area contributed by atoms with Crippen LogP contribution in [0.4, 0.5) is 0 Å². The Kier molecular flexibility index (Phi) is 4.00. The molecular weight excluding hydrogens is 188 g/mol. The van der Waals surface area contributed by atoms with Crippen LogP contribution in [0.25, 0.3) is 0 Å². The quantitative estimate of drug-likeness (QED) is 0.758. The molecule has 0 saturated carbocycles. The average molecular weight is 212 g/mol. The fraction of sp³-hybridized carbons (Fsp3) is 1.00. The van der Waals surface area contributed by atoms with Gasteiger partial charge in [-0.2, -0.15) is 0 Å². The topological polar surface area (TPSA) is 24.5 Å². The third-order valence-electron chi connectivity index (χ3n) is 3.67. The number of ether oxygens (including phenoxy) is 1. The zero-order valence-electron chi connectivity index (χ0n) is 10.0. The highest BCUT2D eigenvalue weighted by Gasteiger charge is 2.22. The lowest BCUT2D eigenvalue weighted by atomic mass is 10.0. The van der Waals surface area contributed by atoms with E-state index in [1.54, 1.807) is 0 Å². The molecule has 0 spiro atoms. The normalized spacial score (nSPS) is 38.4. The Bertz CT molecular complexity index is 198. The predicted octanol–water partition coefficient (Wildman–Crippen LogP) is 1.10. The largest absolute Gasteiger partial charge is 0.378 e. The van der Waals surface area contributed by atoms with E-state index >= 15 is 0 Å². The van der Waals surface area contributed by atoms with Crippen LogP contribution in [0.5, 0.6) is 0 Å². The van der Waals surface area contributed by atoms with Gasteiger partial charge in [0.2, 0.25) is 0 Å². The lowest BCUT2D eigenvalue weighted by Crippen LogP contribution is -2.40. The Labute approximate surface area is 93.2 Å². The minimum absolute atomic E-state index is 0.447. The van der Waals surface area contributed by atoms with Gasteiger partial charge in [-0.05, 0) is 52.2 Å². The standard InChI is InChI=1S/C12H24N2O/c1-10-7-12(4-6-15-10)13-8-11-3-5-14(2)9-11/h10-13H,3-9H2,1-2H3. The van der Waals surface area contributed by atoms with E-state index in [1.807, 2.05) is 0 Å². The number of nitrogens with one attached hydrogen (secondary N) is 1. The second-order valence-corrected chi connectivity index (χ2v) is 5.23. The molecule has 3 unspecified atom stereocenters. The molecule has 0 aliphatic carbocycles. The number of likely N-dealkylation sites (tertiary alicyclic amines) is 1. The van der Waals surface area contributed by atoms with Crippen molar-refractivity contribution in [1.82, 2.24) is 10.2 Å². The van der Waals surface area contributed by atoms with E-state index in [1.165, 1.54) is 38.9 Å². The highest BCUT2D eigenvalue weighted by molar-refractivity contribution is 4.79. The Hall–Kier alpha value is -0.120. The van der Waals surface area contributed by atoms with Crippen LogP contribution in [0.2, 0.25) is 0 Å². The van der Waals surface area contributed by atoms with Gasteiger partial charge in [-0.15, -0.1) is 0 Å². The van der Waals surface area contributed by atoms with E-state index in [0.29, 0.717) is 12.1 Å². The highest BCUT2D eigenvalue weighted by Crippen LogP contribution is 2.16. The lowest BCUT2D eigenvalue weighted by molar-refractivity contribution is 0.0128. The van der Waals surface area contributed by atoms with Gasteiger partial charge in [-0.1, -0.05) is 0 Å². The molecule has 2 aliphatic heterocycles.